The third-order valence-corrected chi connectivity index (χ3v) is 4.94. The molecule has 0 spiro atoms. The zero-order valence-corrected chi connectivity index (χ0v) is 15.5. The van der Waals surface area contributed by atoms with Crippen molar-refractivity contribution in [3.05, 3.63) is 58.1 Å². The summed E-state index contributed by atoms with van der Waals surface area (Å²) in [6.07, 6.45) is 1.52. The first-order chi connectivity index (χ1) is 12.1. The molecule has 0 bridgehead atoms. The molecule has 1 aromatic heterocycles. The van der Waals surface area contributed by atoms with E-state index >= 15 is 0 Å². The van der Waals surface area contributed by atoms with Crippen LogP contribution in [0.25, 0.3) is 16.3 Å². The SMILES string of the molecule is COc1ccc(/C=C(\C#N)C(=O)Nc2nc3ccccc3s2)cc1Br. The van der Waals surface area contributed by atoms with Crippen LogP contribution in [0, 0.1) is 11.3 Å². The van der Waals surface area contributed by atoms with Crippen LogP contribution in [-0.2, 0) is 4.79 Å². The van der Waals surface area contributed by atoms with Crippen molar-refractivity contribution in [3.8, 4) is 11.8 Å². The van der Waals surface area contributed by atoms with Crippen LogP contribution in [-0.4, -0.2) is 18.0 Å². The van der Waals surface area contributed by atoms with Gasteiger partial charge in [-0.25, -0.2) is 4.98 Å². The normalized spacial score (nSPS) is 11.2. The number of amides is 1. The summed E-state index contributed by atoms with van der Waals surface area (Å²) in [5, 5.41) is 12.5. The summed E-state index contributed by atoms with van der Waals surface area (Å²) in [5.74, 6) is 0.183. The van der Waals surface area contributed by atoms with Crippen molar-refractivity contribution in [1.29, 1.82) is 5.26 Å². The lowest BCUT2D eigenvalue weighted by molar-refractivity contribution is -0.112. The number of rotatable bonds is 4. The second kappa shape index (κ2) is 7.47. The fraction of sp³-hybridized carbons (Fsp3) is 0.0556. The molecule has 0 atom stereocenters. The number of hydrogen-bond acceptors (Lipinski definition) is 5. The molecule has 0 saturated carbocycles. The minimum absolute atomic E-state index is 0.00340. The van der Waals surface area contributed by atoms with Gasteiger partial charge in [0.2, 0.25) is 0 Å². The summed E-state index contributed by atoms with van der Waals surface area (Å²) < 4.78 is 6.88. The third kappa shape index (κ3) is 3.87. The van der Waals surface area contributed by atoms with Crippen LogP contribution in [0.15, 0.2) is 52.5 Å². The molecule has 1 N–H and O–H groups in total. The maximum absolute atomic E-state index is 12.4. The zero-order chi connectivity index (χ0) is 17.8. The van der Waals surface area contributed by atoms with E-state index in [0.717, 1.165) is 14.7 Å². The van der Waals surface area contributed by atoms with Crippen LogP contribution >= 0.6 is 27.3 Å². The number of anilines is 1. The molecule has 7 heteroatoms. The van der Waals surface area contributed by atoms with E-state index in [9.17, 15) is 10.1 Å². The number of aromatic nitrogens is 1. The number of para-hydroxylation sites is 1. The Morgan fingerprint density at radius 2 is 2.16 bits per heavy atom. The molecular weight excluding hydrogens is 402 g/mol. The highest BCUT2D eigenvalue weighted by molar-refractivity contribution is 9.10. The Labute approximate surface area is 156 Å². The van der Waals surface area contributed by atoms with E-state index in [0.29, 0.717) is 16.4 Å². The van der Waals surface area contributed by atoms with E-state index in [-0.39, 0.29) is 5.57 Å². The second-order valence-corrected chi connectivity index (χ2v) is 6.89. The molecule has 0 saturated heterocycles. The highest BCUT2D eigenvalue weighted by Gasteiger charge is 2.13. The summed E-state index contributed by atoms with van der Waals surface area (Å²) >= 11 is 4.75. The Bertz CT molecular complexity index is 988. The number of nitrogens with zero attached hydrogens (tertiary/aromatic N) is 2. The Kier molecular flexibility index (Phi) is 5.12. The lowest BCUT2D eigenvalue weighted by atomic mass is 10.1. The lowest BCUT2D eigenvalue weighted by Crippen LogP contribution is -2.13. The number of ether oxygens (including phenoxy) is 1. The number of nitrogens with one attached hydrogen (secondary N) is 1. The number of thiazole rings is 1. The van der Waals surface area contributed by atoms with Crippen molar-refractivity contribution in [3.63, 3.8) is 0 Å². The number of benzene rings is 2. The van der Waals surface area contributed by atoms with Crippen molar-refractivity contribution >= 4 is 54.6 Å². The number of carbonyl (C=O) groups is 1. The minimum Gasteiger partial charge on any atom is -0.496 e. The smallest absolute Gasteiger partial charge is 0.268 e. The van der Waals surface area contributed by atoms with Gasteiger partial charge in [0.05, 0.1) is 21.8 Å². The largest absolute Gasteiger partial charge is 0.496 e. The predicted molar refractivity (Wildman–Crippen MR) is 103 cm³/mol. The lowest BCUT2D eigenvalue weighted by Gasteiger charge is -2.04. The van der Waals surface area contributed by atoms with Gasteiger partial charge >= 0.3 is 0 Å². The maximum Gasteiger partial charge on any atom is 0.268 e. The Morgan fingerprint density at radius 3 is 2.84 bits per heavy atom. The highest BCUT2D eigenvalue weighted by Crippen LogP contribution is 2.27. The van der Waals surface area contributed by atoms with E-state index in [1.807, 2.05) is 30.3 Å². The molecule has 0 fully saturated rings. The average Bonchev–Trinajstić information content (AvgIpc) is 3.01. The molecule has 0 unspecified atom stereocenters. The standard InChI is InChI=1S/C18H12BrN3O2S/c1-24-15-7-6-11(9-13(15)19)8-12(10-20)17(23)22-18-21-14-4-2-3-5-16(14)25-18/h2-9H,1H3,(H,21,22,23)/b12-8+. The van der Waals surface area contributed by atoms with Crippen molar-refractivity contribution < 1.29 is 9.53 Å². The summed E-state index contributed by atoms with van der Waals surface area (Å²) in [4.78, 5) is 16.7. The number of nitriles is 1. The molecule has 3 aromatic rings. The first-order valence-electron chi connectivity index (χ1n) is 7.23. The van der Waals surface area contributed by atoms with Gasteiger partial charge < -0.3 is 4.74 Å². The molecule has 25 heavy (non-hydrogen) atoms. The predicted octanol–water partition coefficient (Wildman–Crippen LogP) is 4.61. The van der Waals surface area contributed by atoms with Crippen LogP contribution in [0.5, 0.6) is 5.75 Å². The van der Waals surface area contributed by atoms with Crippen LogP contribution < -0.4 is 10.1 Å². The second-order valence-electron chi connectivity index (χ2n) is 5.00. The first kappa shape index (κ1) is 17.1. The molecule has 0 aliphatic carbocycles. The van der Waals surface area contributed by atoms with Crippen molar-refractivity contribution in [2.45, 2.75) is 0 Å². The van der Waals surface area contributed by atoms with Crippen LogP contribution in [0.3, 0.4) is 0 Å². The molecule has 2 aromatic carbocycles. The van der Waals surface area contributed by atoms with Gasteiger partial charge in [-0.2, -0.15) is 5.26 Å². The van der Waals surface area contributed by atoms with Crippen molar-refractivity contribution in [2.75, 3.05) is 12.4 Å². The zero-order valence-electron chi connectivity index (χ0n) is 13.1. The fourth-order valence-electron chi connectivity index (χ4n) is 2.18. The van der Waals surface area contributed by atoms with Gasteiger partial charge in [0, 0.05) is 0 Å². The summed E-state index contributed by atoms with van der Waals surface area (Å²) in [7, 11) is 1.57. The summed E-state index contributed by atoms with van der Waals surface area (Å²) in [6.45, 7) is 0. The van der Waals surface area contributed by atoms with Crippen molar-refractivity contribution in [2.24, 2.45) is 0 Å². The number of methoxy groups -OCH3 is 1. The molecular formula is C18H12BrN3O2S. The van der Waals surface area contributed by atoms with E-state index in [1.165, 1.54) is 17.4 Å². The van der Waals surface area contributed by atoms with Gasteiger partial charge in [0.15, 0.2) is 5.13 Å². The number of hydrogen-bond donors (Lipinski definition) is 1. The molecule has 1 heterocycles. The number of halogens is 1. The molecule has 0 aliphatic rings. The average molecular weight is 414 g/mol. The molecule has 0 aliphatic heterocycles. The van der Waals surface area contributed by atoms with Crippen molar-refractivity contribution in [1.82, 2.24) is 4.98 Å². The molecule has 5 nitrogen and oxygen atoms in total. The van der Waals surface area contributed by atoms with E-state index in [1.54, 1.807) is 25.3 Å². The molecule has 3 rings (SSSR count). The van der Waals surface area contributed by atoms with Gasteiger partial charge in [-0.3, -0.25) is 10.1 Å². The van der Waals surface area contributed by atoms with Crippen LogP contribution in [0.4, 0.5) is 5.13 Å². The Balaban J connectivity index is 1.83. The number of carbonyl (C=O) groups excluding carboxylic acids is 1. The van der Waals surface area contributed by atoms with Gasteiger partial charge in [0.1, 0.15) is 17.4 Å². The quantitative estimate of drug-likeness (QED) is 0.500. The molecule has 1 amide bonds. The summed E-state index contributed by atoms with van der Waals surface area (Å²) in [6, 6.07) is 14.8. The van der Waals surface area contributed by atoms with E-state index in [2.05, 4.69) is 26.2 Å². The fourth-order valence-corrected chi connectivity index (χ4v) is 3.60. The van der Waals surface area contributed by atoms with Gasteiger partial charge in [-0.05, 0) is 51.8 Å². The third-order valence-electron chi connectivity index (χ3n) is 3.37. The van der Waals surface area contributed by atoms with Gasteiger partial charge in [-0.1, -0.05) is 29.5 Å². The minimum atomic E-state index is -0.492. The first-order valence-corrected chi connectivity index (χ1v) is 8.84. The monoisotopic (exact) mass is 413 g/mol. The van der Waals surface area contributed by atoms with Crippen LogP contribution in [0.2, 0.25) is 0 Å². The number of fused-ring (bicyclic) bond motifs is 1. The van der Waals surface area contributed by atoms with Gasteiger partial charge in [0.25, 0.3) is 5.91 Å². The topological polar surface area (TPSA) is 75.0 Å². The Hall–Kier alpha value is -2.69. The summed E-state index contributed by atoms with van der Waals surface area (Å²) in [5.41, 5.74) is 1.52. The van der Waals surface area contributed by atoms with E-state index < -0.39 is 5.91 Å². The highest BCUT2D eigenvalue weighted by atomic mass is 79.9. The molecule has 0 radical (unpaired) electrons. The van der Waals surface area contributed by atoms with Gasteiger partial charge in [-0.15, -0.1) is 0 Å². The maximum atomic E-state index is 12.4. The Morgan fingerprint density at radius 1 is 1.36 bits per heavy atom. The van der Waals surface area contributed by atoms with E-state index in [4.69, 9.17) is 4.74 Å². The molecule has 124 valence electrons. The van der Waals surface area contributed by atoms with Crippen LogP contribution in [0.1, 0.15) is 5.56 Å².